The van der Waals surface area contributed by atoms with Crippen molar-refractivity contribution in [3.8, 4) is 0 Å². The summed E-state index contributed by atoms with van der Waals surface area (Å²) in [5.74, 6) is 2.53. The van der Waals surface area contributed by atoms with Crippen LogP contribution in [-0.2, 0) is 18.4 Å². The molecule has 32 heavy (non-hydrogen) atoms. The fourth-order valence-corrected chi connectivity index (χ4v) is 4.50. The van der Waals surface area contributed by atoms with Crippen molar-refractivity contribution >= 4 is 17.6 Å². The van der Waals surface area contributed by atoms with E-state index in [4.69, 9.17) is 4.99 Å². The maximum Gasteiger partial charge on any atom is 0.229 e. The minimum absolute atomic E-state index is 0.000968. The van der Waals surface area contributed by atoms with Crippen molar-refractivity contribution < 1.29 is 4.79 Å². The second kappa shape index (κ2) is 10.1. The smallest absolute Gasteiger partial charge is 0.229 e. The van der Waals surface area contributed by atoms with Gasteiger partial charge in [-0.3, -0.25) is 9.69 Å². The molecule has 2 aromatic rings. The third-order valence-electron chi connectivity index (χ3n) is 6.51. The number of likely N-dealkylation sites (tertiary alicyclic amines) is 1. The quantitative estimate of drug-likeness (QED) is 0.502. The molecule has 1 amide bonds. The summed E-state index contributed by atoms with van der Waals surface area (Å²) in [6.45, 7) is 8.25. The Morgan fingerprint density at radius 2 is 2.06 bits per heavy atom. The molecule has 2 unspecified atom stereocenters. The molecule has 2 aliphatic heterocycles. The highest BCUT2D eigenvalue weighted by atomic mass is 16.2. The van der Waals surface area contributed by atoms with E-state index in [1.165, 1.54) is 12.8 Å². The van der Waals surface area contributed by atoms with Crippen LogP contribution in [0.15, 0.2) is 35.3 Å². The largest absolute Gasteiger partial charge is 0.355 e. The highest BCUT2D eigenvalue weighted by Gasteiger charge is 2.31. The van der Waals surface area contributed by atoms with Crippen LogP contribution in [0.5, 0.6) is 0 Å². The number of hydrogen-bond acceptors (Lipinski definition) is 5. The van der Waals surface area contributed by atoms with E-state index in [1.54, 1.807) is 0 Å². The van der Waals surface area contributed by atoms with E-state index in [0.29, 0.717) is 25.6 Å². The second-order valence-corrected chi connectivity index (χ2v) is 8.58. The number of para-hydroxylation sites is 1. The average molecular weight is 439 g/mol. The van der Waals surface area contributed by atoms with Gasteiger partial charge in [-0.2, -0.15) is 0 Å². The van der Waals surface area contributed by atoms with Gasteiger partial charge in [0.15, 0.2) is 11.8 Å². The monoisotopic (exact) mass is 438 g/mol. The van der Waals surface area contributed by atoms with E-state index in [2.05, 4.69) is 32.7 Å². The van der Waals surface area contributed by atoms with Crippen LogP contribution in [0.4, 0.5) is 5.69 Å². The summed E-state index contributed by atoms with van der Waals surface area (Å²) in [5.41, 5.74) is 0.937. The average Bonchev–Trinajstić information content (AvgIpc) is 3.50. The summed E-state index contributed by atoms with van der Waals surface area (Å²) in [4.78, 5) is 21.8. The van der Waals surface area contributed by atoms with Crippen LogP contribution >= 0.6 is 0 Å². The normalized spacial score (nSPS) is 22.0. The molecule has 2 aliphatic rings. The first kappa shape index (κ1) is 22.3. The van der Waals surface area contributed by atoms with Gasteiger partial charge >= 0.3 is 0 Å². The molecule has 2 N–H and O–H groups in total. The SMILES string of the molecule is CCN1CCCC1CNC(=NCc1nnc(C)n1C)NC1CC(=O)N(c2ccccc2)C1. The Labute approximate surface area is 189 Å². The number of carbonyl (C=O) groups excluding carboxylic acids is 1. The predicted molar refractivity (Wildman–Crippen MR) is 125 cm³/mol. The lowest BCUT2D eigenvalue weighted by Crippen LogP contribution is -2.48. The molecular formula is C23H34N8O. The van der Waals surface area contributed by atoms with Crippen molar-refractivity contribution in [1.82, 2.24) is 30.3 Å². The number of aliphatic imine (C=N–C) groups is 1. The number of anilines is 1. The van der Waals surface area contributed by atoms with Crippen LogP contribution in [0.3, 0.4) is 0 Å². The first-order chi connectivity index (χ1) is 15.5. The van der Waals surface area contributed by atoms with Crippen LogP contribution in [0.2, 0.25) is 0 Å². The molecule has 2 atom stereocenters. The molecule has 0 radical (unpaired) electrons. The molecule has 9 nitrogen and oxygen atoms in total. The molecule has 0 saturated carbocycles. The van der Waals surface area contributed by atoms with Crippen molar-refractivity contribution in [3.63, 3.8) is 0 Å². The zero-order valence-corrected chi connectivity index (χ0v) is 19.3. The van der Waals surface area contributed by atoms with Gasteiger partial charge in [0.05, 0.1) is 6.04 Å². The maximum absolute atomic E-state index is 12.6. The van der Waals surface area contributed by atoms with E-state index < -0.39 is 0 Å². The fourth-order valence-electron chi connectivity index (χ4n) is 4.50. The minimum atomic E-state index is 0.000968. The minimum Gasteiger partial charge on any atom is -0.355 e. The highest BCUT2D eigenvalue weighted by Crippen LogP contribution is 2.21. The molecule has 0 aliphatic carbocycles. The Morgan fingerprint density at radius 3 is 2.78 bits per heavy atom. The van der Waals surface area contributed by atoms with Crippen LogP contribution in [0.25, 0.3) is 0 Å². The van der Waals surface area contributed by atoms with Gasteiger partial charge < -0.3 is 20.1 Å². The topological polar surface area (TPSA) is 90.7 Å². The van der Waals surface area contributed by atoms with Crippen molar-refractivity contribution in [3.05, 3.63) is 42.0 Å². The third kappa shape index (κ3) is 5.09. The molecule has 0 spiro atoms. The molecular weight excluding hydrogens is 404 g/mol. The summed E-state index contributed by atoms with van der Waals surface area (Å²) >= 11 is 0. The molecule has 2 fully saturated rings. The van der Waals surface area contributed by atoms with E-state index in [-0.39, 0.29) is 11.9 Å². The Kier molecular flexibility index (Phi) is 7.04. The van der Waals surface area contributed by atoms with Crippen molar-refractivity contribution in [2.45, 2.75) is 51.7 Å². The number of aryl methyl sites for hydroxylation is 1. The number of hydrogen-bond donors (Lipinski definition) is 2. The van der Waals surface area contributed by atoms with E-state index in [1.807, 2.05) is 53.8 Å². The van der Waals surface area contributed by atoms with E-state index in [9.17, 15) is 4.79 Å². The lowest BCUT2D eigenvalue weighted by Gasteiger charge is -2.25. The second-order valence-electron chi connectivity index (χ2n) is 8.58. The molecule has 3 heterocycles. The van der Waals surface area contributed by atoms with Gasteiger partial charge in [-0.1, -0.05) is 25.1 Å². The molecule has 9 heteroatoms. The van der Waals surface area contributed by atoms with E-state index >= 15 is 0 Å². The first-order valence-electron chi connectivity index (χ1n) is 11.5. The predicted octanol–water partition coefficient (Wildman–Crippen LogP) is 1.45. The molecule has 1 aromatic carbocycles. The van der Waals surface area contributed by atoms with Gasteiger partial charge in [-0.05, 0) is 45.0 Å². The van der Waals surface area contributed by atoms with Crippen LogP contribution in [0.1, 0.15) is 37.8 Å². The Balaban J connectivity index is 1.44. The van der Waals surface area contributed by atoms with Crippen LogP contribution in [-0.4, -0.2) is 69.8 Å². The van der Waals surface area contributed by atoms with Crippen LogP contribution in [0, 0.1) is 6.92 Å². The summed E-state index contributed by atoms with van der Waals surface area (Å²) < 4.78 is 1.95. The molecule has 0 bridgehead atoms. The number of likely N-dealkylation sites (N-methyl/N-ethyl adjacent to an activating group) is 1. The molecule has 4 rings (SSSR count). The van der Waals surface area contributed by atoms with Gasteiger partial charge in [-0.25, -0.2) is 4.99 Å². The lowest BCUT2D eigenvalue weighted by atomic mass is 10.2. The first-order valence-corrected chi connectivity index (χ1v) is 11.5. The van der Waals surface area contributed by atoms with E-state index in [0.717, 1.165) is 42.9 Å². The molecule has 1 aromatic heterocycles. The van der Waals surface area contributed by atoms with Gasteiger partial charge in [-0.15, -0.1) is 10.2 Å². The molecule has 2 saturated heterocycles. The maximum atomic E-state index is 12.6. The van der Waals surface area contributed by atoms with Crippen molar-refractivity contribution in [1.29, 1.82) is 0 Å². The fraction of sp³-hybridized carbons (Fsp3) is 0.565. The summed E-state index contributed by atoms with van der Waals surface area (Å²) in [7, 11) is 1.95. The zero-order valence-electron chi connectivity index (χ0n) is 19.3. The van der Waals surface area contributed by atoms with Crippen molar-refractivity contribution in [2.75, 3.05) is 31.1 Å². The number of rotatable bonds is 7. The number of nitrogens with one attached hydrogen (secondary N) is 2. The number of guanidine groups is 1. The number of aromatic nitrogens is 3. The summed E-state index contributed by atoms with van der Waals surface area (Å²) in [6.07, 6.45) is 2.88. The lowest BCUT2D eigenvalue weighted by molar-refractivity contribution is -0.117. The number of nitrogens with zero attached hydrogens (tertiary/aromatic N) is 6. The van der Waals surface area contributed by atoms with Gasteiger partial charge in [0.2, 0.25) is 5.91 Å². The number of amides is 1. The van der Waals surface area contributed by atoms with Gasteiger partial charge in [0, 0.05) is 38.3 Å². The molecule has 172 valence electrons. The standard InChI is InChI=1S/C23H34N8O/c1-4-30-12-8-11-20(30)14-24-23(25-15-21-28-27-17(2)29(21)3)26-18-13-22(32)31(16-18)19-9-6-5-7-10-19/h5-7,9-10,18,20H,4,8,11-16H2,1-3H3,(H2,24,25,26). The Bertz CT molecular complexity index is 941. The Morgan fingerprint density at radius 1 is 1.25 bits per heavy atom. The summed E-state index contributed by atoms with van der Waals surface area (Å²) in [6, 6.07) is 10.3. The van der Waals surface area contributed by atoms with Crippen LogP contribution < -0.4 is 15.5 Å². The highest BCUT2D eigenvalue weighted by molar-refractivity contribution is 5.97. The van der Waals surface area contributed by atoms with Crippen molar-refractivity contribution in [2.24, 2.45) is 12.0 Å². The number of carbonyl (C=O) groups is 1. The van der Waals surface area contributed by atoms with Gasteiger partial charge in [0.25, 0.3) is 0 Å². The Hall–Kier alpha value is -2.94. The number of benzene rings is 1. The van der Waals surface area contributed by atoms with Gasteiger partial charge in [0.1, 0.15) is 12.4 Å². The summed E-state index contributed by atoms with van der Waals surface area (Å²) in [5, 5.41) is 15.4. The zero-order chi connectivity index (χ0) is 22.5. The third-order valence-corrected chi connectivity index (χ3v) is 6.51.